The van der Waals surface area contributed by atoms with E-state index in [1.807, 2.05) is 0 Å². The van der Waals surface area contributed by atoms with E-state index >= 15 is 0 Å². The summed E-state index contributed by atoms with van der Waals surface area (Å²) in [5.74, 6) is 0. The Hall–Kier alpha value is 0.200. The Morgan fingerprint density at radius 2 is 2.43 bits per heavy atom. The summed E-state index contributed by atoms with van der Waals surface area (Å²) in [6.45, 7) is 0.513. The number of rotatable bonds is 3. The van der Waals surface area contributed by atoms with Crippen LogP contribution in [0.3, 0.4) is 0 Å². The van der Waals surface area contributed by atoms with E-state index in [2.05, 4.69) is 5.43 Å². The Kier molecular flexibility index (Phi) is 4.49. The first kappa shape index (κ1) is 7.20. The summed E-state index contributed by atoms with van der Waals surface area (Å²) in [5.41, 5.74) is 2.05. The van der Waals surface area contributed by atoms with Gasteiger partial charge in [-0.3, -0.25) is 0 Å². The second-order valence-electron chi connectivity index (χ2n) is 1.17. The normalized spacial score (nSPS) is 8.29. The molecule has 0 saturated heterocycles. The molecule has 0 radical (unpaired) electrons. The van der Waals surface area contributed by atoms with E-state index in [-0.39, 0.29) is 0 Å². The molecule has 4 nitrogen and oxygen atoms in total. The molecule has 0 aliphatic heterocycles. The molecule has 0 unspecified atom stereocenters. The van der Waals surface area contributed by atoms with Crippen LogP contribution in [0.2, 0.25) is 3.67 Å². The third kappa shape index (κ3) is 6.20. The van der Waals surface area contributed by atoms with Crippen molar-refractivity contribution < 1.29 is 5.03 Å². The summed E-state index contributed by atoms with van der Waals surface area (Å²) in [6.07, 6.45) is 0. The van der Waals surface area contributed by atoms with Gasteiger partial charge in [0.15, 0.2) is 0 Å². The number of hydrogen-bond donors (Lipinski definition) is 1. The first-order valence-corrected chi connectivity index (χ1v) is 3.56. The molecular weight excluding hydrogens is 107 g/mol. The average Bonchev–Trinajstić information content (AvgIpc) is 1.61. The maximum absolute atomic E-state index is 9.47. The van der Waals surface area contributed by atoms with Gasteiger partial charge in [0.05, 0.1) is 0 Å². The van der Waals surface area contributed by atoms with E-state index in [1.165, 1.54) is 0 Å². The molecule has 0 heterocycles. The minimum atomic E-state index is -0.516. The van der Waals surface area contributed by atoms with Crippen LogP contribution in [0.15, 0.2) is 0 Å². The fraction of sp³-hybridized carbons (Fsp3) is 1.00. The van der Waals surface area contributed by atoms with Crippen molar-refractivity contribution in [3.63, 3.8) is 0 Å². The van der Waals surface area contributed by atoms with E-state index in [1.54, 1.807) is 0 Å². The van der Waals surface area contributed by atoms with Gasteiger partial charge in [-0.2, -0.15) is 0 Å². The van der Waals surface area contributed by atoms with Crippen LogP contribution in [0.4, 0.5) is 0 Å². The van der Waals surface area contributed by atoms with Crippen LogP contribution < -0.4 is 5.43 Å². The van der Waals surface area contributed by atoms with Crippen molar-refractivity contribution >= 4 is 27.9 Å². The minimum absolute atomic E-state index is 0.513. The Morgan fingerprint density at radius 1 is 1.86 bits per heavy atom. The van der Waals surface area contributed by atoms with Crippen molar-refractivity contribution in [2.45, 2.75) is 3.67 Å². The molecule has 5 heteroatoms. The molecule has 0 atom stereocenters. The van der Waals surface area contributed by atoms with Crippen molar-refractivity contribution in [2.24, 2.45) is 0 Å². The van der Waals surface area contributed by atoms with Gasteiger partial charge >= 0.3 is 58.7 Å². The second kappa shape index (κ2) is 4.36. The van der Waals surface area contributed by atoms with Crippen LogP contribution in [-0.4, -0.2) is 39.5 Å². The molecule has 0 aromatic carbocycles. The second-order valence-corrected chi connectivity index (χ2v) is 2.17. The molecule has 0 amide bonds. The van der Waals surface area contributed by atoms with Crippen molar-refractivity contribution in [1.29, 1.82) is 0 Å². The fourth-order valence-corrected chi connectivity index (χ4v) is 0.427. The van der Waals surface area contributed by atoms with Gasteiger partial charge in [-0.1, -0.05) is 0 Å². The van der Waals surface area contributed by atoms with Crippen LogP contribution >= 0.6 is 0 Å². The molecule has 0 bridgehead atoms. The summed E-state index contributed by atoms with van der Waals surface area (Å²) in [7, 11) is 0. The predicted octanol–water partition coefficient (Wildman–Crippen LogP) is -0.646. The van der Waals surface area contributed by atoms with Gasteiger partial charge in [0, 0.05) is 0 Å². The summed E-state index contributed by atoms with van der Waals surface area (Å²) in [6, 6.07) is 0. The molecule has 7 heavy (non-hydrogen) atoms. The topological polar surface area (TPSA) is 55.2 Å². The molecule has 36 valence electrons. The van der Waals surface area contributed by atoms with Gasteiger partial charge in [0.25, 0.3) is 0 Å². The summed E-state index contributed by atoms with van der Waals surface area (Å²) in [5, 5.41) is 8.95. The molecule has 0 fully saturated rings. The Balaban J connectivity index is 2.82. The number of nitro groups is 1. The van der Waals surface area contributed by atoms with Gasteiger partial charge < -0.3 is 0 Å². The van der Waals surface area contributed by atoms with E-state index in [0.717, 1.165) is 31.6 Å². The summed E-state index contributed by atoms with van der Waals surface area (Å²) < 4.78 is 0.932. The third-order valence-electron chi connectivity index (χ3n) is 0.491. The average molecular weight is 112 g/mol. The van der Waals surface area contributed by atoms with Crippen LogP contribution in [0.25, 0.3) is 0 Å². The third-order valence-corrected chi connectivity index (χ3v) is 0.991. The number of hydrogen-bond acceptors (Lipinski definition) is 2. The SMILES string of the molecule is O=[N+]([O-])NC[CH2][Na]. The molecule has 0 spiro atoms. The molecule has 1 N–H and O–H groups in total. The van der Waals surface area contributed by atoms with E-state index in [9.17, 15) is 10.1 Å². The quantitative estimate of drug-likeness (QED) is 0.300. The predicted molar refractivity (Wildman–Crippen MR) is 25.6 cm³/mol. The van der Waals surface area contributed by atoms with E-state index in [4.69, 9.17) is 0 Å². The zero-order valence-corrected chi connectivity index (χ0v) is 6.18. The Morgan fingerprint density at radius 3 is 2.57 bits per heavy atom. The molecule has 0 aliphatic rings. The van der Waals surface area contributed by atoms with Crippen molar-refractivity contribution in [1.82, 2.24) is 5.43 Å². The van der Waals surface area contributed by atoms with Crippen molar-refractivity contribution in [3.05, 3.63) is 10.1 Å². The molecule has 0 aromatic heterocycles. The van der Waals surface area contributed by atoms with Crippen LogP contribution in [-0.2, 0) is 0 Å². The molecular formula is C2H5N2NaO2. The Bertz CT molecular complexity index is 66.7. The van der Waals surface area contributed by atoms with Crippen molar-refractivity contribution in [2.75, 3.05) is 6.54 Å². The standard InChI is InChI=1S/C2H5N2O2.Na/c1-2-3-4(5)6;/h3H,1-2H2;. The molecule has 0 rings (SSSR count). The zero-order chi connectivity index (χ0) is 5.70. The van der Waals surface area contributed by atoms with Gasteiger partial charge in [0.2, 0.25) is 0 Å². The monoisotopic (exact) mass is 112 g/mol. The van der Waals surface area contributed by atoms with Gasteiger partial charge in [-0.15, -0.1) is 0 Å². The number of hydrazine groups is 1. The Labute approximate surface area is 58.8 Å². The van der Waals surface area contributed by atoms with Gasteiger partial charge in [0.1, 0.15) is 0 Å². The van der Waals surface area contributed by atoms with E-state index in [0.29, 0.717) is 6.54 Å². The first-order valence-electron chi connectivity index (χ1n) is 2.15. The van der Waals surface area contributed by atoms with Crippen LogP contribution in [0, 0.1) is 10.1 Å². The van der Waals surface area contributed by atoms with Crippen LogP contribution in [0.1, 0.15) is 0 Å². The first-order chi connectivity index (χ1) is 3.27. The maximum atomic E-state index is 9.47. The van der Waals surface area contributed by atoms with E-state index < -0.39 is 5.03 Å². The van der Waals surface area contributed by atoms with Gasteiger partial charge in [-0.25, -0.2) is 0 Å². The fourth-order valence-electron chi connectivity index (χ4n) is 0.203. The zero-order valence-electron chi connectivity index (χ0n) is 4.18. The number of nitrogens with one attached hydrogen (secondary N) is 1. The molecule has 0 aliphatic carbocycles. The molecule has 0 aromatic rings. The van der Waals surface area contributed by atoms with Gasteiger partial charge in [-0.05, 0) is 0 Å². The summed E-state index contributed by atoms with van der Waals surface area (Å²) in [4.78, 5) is 9.47. The molecule has 0 saturated carbocycles. The number of nitrogens with zero attached hydrogens (tertiary/aromatic N) is 1. The van der Waals surface area contributed by atoms with Crippen molar-refractivity contribution in [3.8, 4) is 0 Å². The van der Waals surface area contributed by atoms with Crippen LogP contribution in [0.5, 0.6) is 0 Å². The summed E-state index contributed by atoms with van der Waals surface area (Å²) >= 11 is 1.03.